The van der Waals surface area contributed by atoms with Crippen LogP contribution in [-0.2, 0) is 14.6 Å². The van der Waals surface area contributed by atoms with Gasteiger partial charge in [0.25, 0.3) is 0 Å². The van der Waals surface area contributed by atoms with Crippen LogP contribution in [0.25, 0.3) is 0 Å². The van der Waals surface area contributed by atoms with Crippen molar-refractivity contribution in [2.45, 2.75) is 46.0 Å². The molecule has 0 aliphatic heterocycles. The van der Waals surface area contributed by atoms with Gasteiger partial charge >= 0.3 is 10.4 Å². The molecule has 0 aliphatic rings. The van der Waals surface area contributed by atoms with Gasteiger partial charge in [0.2, 0.25) is 0 Å². The lowest BCUT2D eigenvalue weighted by molar-refractivity contribution is 0.237. The second kappa shape index (κ2) is 7.20. The van der Waals surface area contributed by atoms with Gasteiger partial charge in [0.1, 0.15) is 0 Å². The quantitative estimate of drug-likeness (QED) is 0.643. The van der Waals surface area contributed by atoms with E-state index in [-0.39, 0.29) is 6.61 Å². The van der Waals surface area contributed by atoms with E-state index in [1.54, 1.807) is 0 Å². The van der Waals surface area contributed by atoms with E-state index in [2.05, 4.69) is 18.0 Å². The van der Waals surface area contributed by atoms with Gasteiger partial charge in [0.05, 0.1) is 6.61 Å². The zero-order chi connectivity index (χ0) is 11.0. The van der Waals surface area contributed by atoms with E-state index >= 15 is 0 Å². The second-order valence-electron chi connectivity index (χ2n) is 3.48. The van der Waals surface area contributed by atoms with Crippen LogP contribution in [0.4, 0.5) is 0 Å². The monoisotopic (exact) mass is 224 g/mol. The summed E-state index contributed by atoms with van der Waals surface area (Å²) in [6.45, 7) is 4.29. The lowest BCUT2D eigenvalue weighted by Gasteiger charge is -2.13. The fraction of sp³-hybridized carbons (Fsp3) is 1.00. The van der Waals surface area contributed by atoms with Gasteiger partial charge in [-0.2, -0.15) is 8.42 Å². The summed E-state index contributed by atoms with van der Waals surface area (Å²) in [5.41, 5.74) is 0. The van der Waals surface area contributed by atoms with Gasteiger partial charge in [-0.3, -0.25) is 4.55 Å². The highest BCUT2D eigenvalue weighted by molar-refractivity contribution is 7.80. The fourth-order valence-electron chi connectivity index (χ4n) is 1.57. The molecule has 0 aromatic heterocycles. The molecule has 0 aromatic rings. The molecule has 1 N–H and O–H groups in total. The Morgan fingerprint density at radius 1 is 1.14 bits per heavy atom. The molecule has 0 atom stereocenters. The minimum atomic E-state index is -4.25. The first kappa shape index (κ1) is 13.9. The van der Waals surface area contributed by atoms with Crippen molar-refractivity contribution in [2.75, 3.05) is 6.61 Å². The molecule has 0 radical (unpaired) electrons. The van der Waals surface area contributed by atoms with Crippen LogP contribution in [0.1, 0.15) is 46.0 Å². The zero-order valence-corrected chi connectivity index (χ0v) is 9.72. The third-order valence-electron chi connectivity index (χ3n) is 2.15. The van der Waals surface area contributed by atoms with Gasteiger partial charge in [-0.1, -0.05) is 39.5 Å². The van der Waals surface area contributed by atoms with Crippen molar-refractivity contribution >= 4 is 10.4 Å². The standard InChI is InChI=1S/C9H20O4S/c1-3-5-9(6-4-2)7-8-13-14(10,11)12/h9H,3-8H2,1-2H3,(H,10,11,12). The molecule has 0 saturated carbocycles. The van der Waals surface area contributed by atoms with Crippen molar-refractivity contribution in [3.63, 3.8) is 0 Å². The Morgan fingerprint density at radius 2 is 1.64 bits per heavy atom. The maximum Gasteiger partial charge on any atom is 0.397 e. The molecule has 0 heterocycles. The molecule has 0 saturated heterocycles. The molecule has 0 spiro atoms. The highest BCUT2D eigenvalue weighted by Gasteiger charge is 2.09. The Hall–Kier alpha value is -0.130. The van der Waals surface area contributed by atoms with Gasteiger partial charge in [-0.15, -0.1) is 0 Å². The Balaban J connectivity index is 3.70. The summed E-state index contributed by atoms with van der Waals surface area (Å²) in [5.74, 6) is 0.506. The van der Waals surface area contributed by atoms with Crippen molar-refractivity contribution in [3.8, 4) is 0 Å². The average Bonchev–Trinajstić information content (AvgIpc) is 2.02. The Bertz CT molecular complexity index is 217. The second-order valence-corrected chi connectivity index (χ2v) is 4.57. The summed E-state index contributed by atoms with van der Waals surface area (Å²) < 4.78 is 33.1. The van der Waals surface area contributed by atoms with Crippen molar-refractivity contribution < 1.29 is 17.2 Å². The number of rotatable bonds is 8. The van der Waals surface area contributed by atoms with E-state index in [0.29, 0.717) is 12.3 Å². The van der Waals surface area contributed by atoms with Crippen LogP contribution in [0.3, 0.4) is 0 Å². The lowest BCUT2D eigenvalue weighted by Crippen LogP contribution is -2.09. The van der Waals surface area contributed by atoms with E-state index in [1.807, 2.05) is 0 Å². The third-order valence-corrected chi connectivity index (χ3v) is 2.62. The molecule has 0 aliphatic carbocycles. The van der Waals surface area contributed by atoms with Crippen LogP contribution >= 0.6 is 0 Å². The molecule has 0 unspecified atom stereocenters. The third kappa shape index (κ3) is 8.47. The lowest BCUT2D eigenvalue weighted by atomic mass is 9.95. The Labute approximate surface area is 86.6 Å². The normalized spacial score (nSPS) is 12.3. The molecule has 0 rings (SSSR count). The Kier molecular flexibility index (Phi) is 7.13. The fourth-order valence-corrected chi connectivity index (χ4v) is 1.88. The molecule has 5 heteroatoms. The molecule has 0 bridgehead atoms. The van der Waals surface area contributed by atoms with Crippen LogP contribution in [0.2, 0.25) is 0 Å². The first-order valence-corrected chi connectivity index (χ1v) is 6.48. The molecule has 14 heavy (non-hydrogen) atoms. The molecule has 0 fully saturated rings. The Morgan fingerprint density at radius 3 is 2.00 bits per heavy atom. The van der Waals surface area contributed by atoms with Gasteiger partial charge in [0.15, 0.2) is 0 Å². The smallest absolute Gasteiger partial charge is 0.264 e. The van der Waals surface area contributed by atoms with Crippen LogP contribution in [0.15, 0.2) is 0 Å². The molecule has 0 amide bonds. The molecular weight excluding hydrogens is 204 g/mol. The van der Waals surface area contributed by atoms with E-state index in [1.165, 1.54) is 0 Å². The summed E-state index contributed by atoms with van der Waals surface area (Å²) in [7, 11) is -4.25. The maximum atomic E-state index is 10.3. The first-order valence-electron chi connectivity index (χ1n) is 5.11. The van der Waals surface area contributed by atoms with Gasteiger partial charge < -0.3 is 0 Å². The van der Waals surface area contributed by atoms with Crippen LogP contribution in [-0.4, -0.2) is 19.6 Å². The summed E-state index contributed by atoms with van der Waals surface area (Å²) in [4.78, 5) is 0. The van der Waals surface area contributed by atoms with Crippen molar-refractivity contribution in [3.05, 3.63) is 0 Å². The summed E-state index contributed by atoms with van der Waals surface area (Å²) >= 11 is 0. The van der Waals surface area contributed by atoms with E-state index in [4.69, 9.17) is 4.55 Å². The van der Waals surface area contributed by atoms with E-state index in [9.17, 15) is 8.42 Å². The van der Waals surface area contributed by atoms with Crippen molar-refractivity contribution in [1.82, 2.24) is 0 Å². The van der Waals surface area contributed by atoms with Crippen molar-refractivity contribution in [2.24, 2.45) is 5.92 Å². The van der Waals surface area contributed by atoms with Crippen molar-refractivity contribution in [1.29, 1.82) is 0 Å². The van der Waals surface area contributed by atoms with Crippen LogP contribution in [0, 0.1) is 5.92 Å². The van der Waals surface area contributed by atoms with Crippen LogP contribution in [0.5, 0.6) is 0 Å². The largest absolute Gasteiger partial charge is 0.397 e. The number of hydrogen-bond donors (Lipinski definition) is 1. The topological polar surface area (TPSA) is 63.6 Å². The molecule has 0 aromatic carbocycles. The first-order chi connectivity index (χ1) is 6.49. The molecular formula is C9H20O4S. The summed E-state index contributed by atoms with van der Waals surface area (Å²) in [6, 6.07) is 0. The minimum Gasteiger partial charge on any atom is -0.264 e. The summed E-state index contributed by atoms with van der Waals surface area (Å²) in [5, 5.41) is 0. The van der Waals surface area contributed by atoms with E-state index in [0.717, 1.165) is 25.7 Å². The molecule has 86 valence electrons. The van der Waals surface area contributed by atoms with Gasteiger partial charge in [0, 0.05) is 0 Å². The summed E-state index contributed by atoms with van der Waals surface area (Å²) in [6.07, 6.45) is 5.06. The van der Waals surface area contributed by atoms with Gasteiger partial charge in [-0.25, -0.2) is 4.18 Å². The van der Waals surface area contributed by atoms with Gasteiger partial charge in [-0.05, 0) is 12.3 Å². The predicted octanol–water partition coefficient (Wildman–Crippen LogP) is 2.41. The predicted molar refractivity (Wildman–Crippen MR) is 55.4 cm³/mol. The SMILES string of the molecule is CCCC(CCC)CCOS(=O)(=O)O. The maximum absolute atomic E-state index is 10.3. The zero-order valence-electron chi connectivity index (χ0n) is 8.90. The van der Waals surface area contributed by atoms with E-state index < -0.39 is 10.4 Å². The van der Waals surface area contributed by atoms with Crippen LogP contribution < -0.4 is 0 Å². The number of hydrogen-bond acceptors (Lipinski definition) is 3. The highest BCUT2D eigenvalue weighted by atomic mass is 32.3. The average molecular weight is 224 g/mol. The highest BCUT2D eigenvalue weighted by Crippen LogP contribution is 2.17. The molecule has 4 nitrogen and oxygen atoms in total. The minimum absolute atomic E-state index is 0.0868.